The second-order valence-corrected chi connectivity index (χ2v) is 6.41. The minimum absolute atomic E-state index is 0.157. The average Bonchev–Trinajstić information content (AvgIpc) is 2.79. The van der Waals surface area contributed by atoms with Crippen molar-refractivity contribution in [3.8, 4) is 0 Å². The molecular formula is C18H23NO3. The number of rotatable bonds is 5. The normalized spacial score (nSPS) is 24.7. The molecule has 1 aliphatic heterocycles. The van der Waals surface area contributed by atoms with Crippen molar-refractivity contribution in [2.45, 2.75) is 38.5 Å². The van der Waals surface area contributed by atoms with Crippen LogP contribution in [0.3, 0.4) is 0 Å². The first-order valence-corrected chi connectivity index (χ1v) is 8.28. The maximum absolute atomic E-state index is 12.4. The van der Waals surface area contributed by atoms with E-state index < -0.39 is 0 Å². The van der Waals surface area contributed by atoms with Crippen molar-refractivity contribution in [1.29, 1.82) is 0 Å². The lowest BCUT2D eigenvalue weighted by Crippen LogP contribution is -2.33. The van der Waals surface area contributed by atoms with E-state index in [0.29, 0.717) is 29.5 Å². The molecule has 4 heteroatoms. The van der Waals surface area contributed by atoms with Crippen LogP contribution < -0.4 is 0 Å². The summed E-state index contributed by atoms with van der Waals surface area (Å²) in [6, 6.07) is 7.05. The summed E-state index contributed by atoms with van der Waals surface area (Å²) in [6.45, 7) is 0.729. The monoisotopic (exact) mass is 301 g/mol. The van der Waals surface area contributed by atoms with E-state index in [-0.39, 0.29) is 18.4 Å². The number of imide groups is 1. The molecule has 1 saturated carbocycles. The molecule has 3 rings (SSSR count). The van der Waals surface area contributed by atoms with E-state index in [1.165, 1.54) is 17.7 Å². The zero-order chi connectivity index (χ0) is 15.5. The van der Waals surface area contributed by atoms with Crippen LogP contribution in [0.5, 0.6) is 0 Å². The molecule has 1 N–H and O–H groups in total. The molecule has 0 aromatic heterocycles. The van der Waals surface area contributed by atoms with E-state index in [1.54, 1.807) is 24.3 Å². The highest BCUT2D eigenvalue weighted by molar-refractivity contribution is 6.21. The van der Waals surface area contributed by atoms with E-state index in [4.69, 9.17) is 0 Å². The number of amides is 2. The van der Waals surface area contributed by atoms with E-state index in [2.05, 4.69) is 0 Å². The molecule has 2 unspecified atom stereocenters. The van der Waals surface area contributed by atoms with Crippen molar-refractivity contribution in [1.82, 2.24) is 4.90 Å². The van der Waals surface area contributed by atoms with Gasteiger partial charge in [0.25, 0.3) is 11.8 Å². The minimum atomic E-state index is -0.157. The van der Waals surface area contributed by atoms with Crippen LogP contribution in [0.25, 0.3) is 0 Å². The van der Waals surface area contributed by atoms with Crippen LogP contribution in [-0.4, -0.2) is 35.0 Å². The van der Waals surface area contributed by atoms with Gasteiger partial charge in [-0.25, -0.2) is 0 Å². The van der Waals surface area contributed by atoms with Gasteiger partial charge in [0.15, 0.2) is 0 Å². The highest BCUT2D eigenvalue weighted by Gasteiger charge is 2.35. The standard InChI is InChI=1S/C18H23NO3/c20-12-10-14-6-2-1-5-13(14)9-11-19-17(21)15-7-3-4-8-16(15)18(19)22/h3-4,7-8,13-14,20H,1-2,5-6,9-12H2. The Morgan fingerprint density at radius 2 is 1.50 bits per heavy atom. The molecule has 1 heterocycles. The van der Waals surface area contributed by atoms with Crippen LogP contribution in [0.1, 0.15) is 59.2 Å². The van der Waals surface area contributed by atoms with Gasteiger partial charge < -0.3 is 5.11 Å². The number of aliphatic hydroxyl groups is 1. The zero-order valence-corrected chi connectivity index (χ0v) is 12.8. The molecule has 0 spiro atoms. The van der Waals surface area contributed by atoms with E-state index >= 15 is 0 Å². The Bertz CT molecular complexity index is 532. The van der Waals surface area contributed by atoms with Crippen LogP contribution in [0.2, 0.25) is 0 Å². The van der Waals surface area contributed by atoms with Gasteiger partial charge in [0.1, 0.15) is 0 Å². The first-order valence-electron chi connectivity index (χ1n) is 8.28. The summed E-state index contributed by atoms with van der Waals surface area (Å²) in [5.74, 6) is 0.740. The number of fused-ring (bicyclic) bond motifs is 1. The summed E-state index contributed by atoms with van der Waals surface area (Å²) in [5.41, 5.74) is 1.06. The summed E-state index contributed by atoms with van der Waals surface area (Å²) in [4.78, 5) is 26.1. The molecule has 1 aliphatic carbocycles. The Hall–Kier alpha value is -1.68. The number of hydrogen-bond donors (Lipinski definition) is 1. The molecule has 1 aromatic carbocycles. The molecule has 1 fully saturated rings. The molecule has 0 radical (unpaired) electrons. The number of aliphatic hydroxyl groups excluding tert-OH is 1. The molecule has 0 saturated heterocycles. The predicted molar refractivity (Wildman–Crippen MR) is 83.6 cm³/mol. The number of carbonyl (C=O) groups is 2. The van der Waals surface area contributed by atoms with Crippen molar-refractivity contribution in [3.63, 3.8) is 0 Å². The van der Waals surface area contributed by atoms with Crippen LogP contribution in [-0.2, 0) is 0 Å². The van der Waals surface area contributed by atoms with E-state index in [1.807, 2.05) is 0 Å². The van der Waals surface area contributed by atoms with E-state index in [0.717, 1.165) is 25.7 Å². The van der Waals surface area contributed by atoms with Gasteiger partial charge in [-0.1, -0.05) is 37.8 Å². The first kappa shape index (κ1) is 15.2. The van der Waals surface area contributed by atoms with Crippen molar-refractivity contribution in [3.05, 3.63) is 35.4 Å². The number of nitrogens with zero attached hydrogens (tertiary/aromatic N) is 1. The molecule has 2 atom stereocenters. The van der Waals surface area contributed by atoms with Crippen molar-refractivity contribution in [2.24, 2.45) is 11.8 Å². The van der Waals surface area contributed by atoms with Crippen LogP contribution in [0.15, 0.2) is 24.3 Å². The van der Waals surface area contributed by atoms with Gasteiger partial charge in [0.05, 0.1) is 11.1 Å². The molecule has 4 nitrogen and oxygen atoms in total. The minimum Gasteiger partial charge on any atom is -0.396 e. The molecule has 22 heavy (non-hydrogen) atoms. The van der Waals surface area contributed by atoms with Crippen LogP contribution >= 0.6 is 0 Å². The Labute approximate surface area is 131 Å². The third-order valence-corrected chi connectivity index (χ3v) is 5.17. The SMILES string of the molecule is O=C1c2ccccc2C(=O)N1CCC1CCCCC1CCO. The van der Waals surface area contributed by atoms with Gasteiger partial charge in [-0.2, -0.15) is 0 Å². The highest BCUT2D eigenvalue weighted by atomic mass is 16.3. The van der Waals surface area contributed by atoms with Gasteiger partial charge in [-0.15, -0.1) is 0 Å². The molecule has 2 amide bonds. The quantitative estimate of drug-likeness (QED) is 0.851. The number of carbonyl (C=O) groups excluding carboxylic acids is 2. The van der Waals surface area contributed by atoms with Gasteiger partial charge in [-0.3, -0.25) is 14.5 Å². The fourth-order valence-electron chi connectivity index (χ4n) is 3.95. The highest BCUT2D eigenvalue weighted by Crippen LogP contribution is 2.35. The van der Waals surface area contributed by atoms with Crippen molar-refractivity contribution >= 4 is 11.8 Å². The summed E-state index contributed by atoms with van der Waals surface area (Å²) < 4.78 is 0. The predicted octanol–water partition coefficient (Wildman–Crippen LogP) is 2.86. The number of benzene rings is 1. The zero-order valence-electron chi connectivity index (χ0n) is 12.8. The van der Waals surface area contributed by atoms with Crippen LogP contribution in [0.4, 0.5) is 0 Å². The fourth-order valence-corrected chi connectivity index (χ4v) is 3.95. The summed E-state index contributed by atoms with van der Waals surface area (Å²) in [6.07, 6.45) is 6.45. The Balaban J connectivity index is 1.65. The largest absolute Gasteiger partial charge is 0.396 e. The molecule has 1 aromatic rings. The maximum Gasteiger partial charge on any atom is 0.261 e. The summed E-state index contributed by atoms with van der Waals surface area (Å²) >= 11 is 0. The van der Waals surface area contributed by atoms with Crippen LogP contribution in [0, 0.1) is 11.8 Å². The molecular weight excluding hydrogens is 278 g/mol. The van der Waals surface area contributed by atoms with Crippen molar-refractivity contribution in [2.75, 3.05) is 13.2 Å². The van der Waals surface area contributed by atoms with Gasteiger partial charge in [0, 0.05) is 13.2 Å². The van der Waals surface area contributed by atoms with E-state index in [9.17, 15) is 14.7 Å². The lowest BCUT2D eigenvalue weighted by Gasteiger charge is -2.32. The third-order valence-electron chi connectivity index (χ3n) is 5.17. The Morgan fingerprint density at radius 1 is 0.955 bits per heavy atom. The Morgan fingerprint density at radius 3 is 2.05 bits per heavy atom. The molecule has 0 bridgehead atoms. The summed E-state index contributed by atoms with van der Waals surface area (Å²) in [7, 11) is 0. The lowest BCUT2D eigenvalue weighted by atomic mass is 9.76. The second kappa shape index (κ2) is 6.61. The fraction of sp³-hybridized carbons (Fsp3) is 0.556. The topological polar surface area (TPSA) is 57.6 Å². The third kappa shape index (κ3) is 2.80. The Kier molecular flexibility index (Phi) is 4.57. The first-order chi connectivity index (χ1) is 10.7. The molecule has 2 aliphatic rings. The summed E-state index contributed by atoms with van der Waals surface area (Å²) in [5, 5.41) is 9.20. The number of hydrogen-bond acceptors (Lipinski definition) is 3. The van der Waals surface area contributed by atoms with Crippen molar-refractivity contribution < 1.29 is 14.7 Å². The van der Waals surface area contributed by atoms with Gasteiger partial charge in [-0.05, 0) is 36.8 Å². The second-order valence-electron chi connectivity index (χ2n) is 6.41. The lowest BCUT2D eigenvalue weighted by molar-refractivity contribution is 0.0628. The maximum atomic E-state index is 12.4. The molecule has 118 valence electrons. The average molecular weight is 301 g/mol. The van der Waals surface area contributed by atoms with Gasteiger partial charge in [0.2, 0.25) is 0 Å². The smallest absolute Gasteiger partial charge is 0.261 e. The van der Waals surface area contributed by atoms with Gasteiger partial charge >= 0.3 is 0 Å².